The van der Waals surface area contributed by atoms with Gasteiger partial charge in [0.15, 0.2) is 5.82 Å². The van der Waals surface area contributed by atoms with Gasteiger partial charge in [0.05, 0.1) is 0 Å². The zero-order chi connectivity index (χ0) is 19.8. The first-order chi connectivity index (χ1) is 13.5. The number of thioether (sulfide) groups is 1. The second kappa shape index (κ2) is 7.83. The summed E-state index contributed by atoms with van der Waals surface area (Å²) in [7, 11) is 0. The molecular formula is C20H21BrN4O2S. The van der Waals surface area contributed by atoms with Gasteiger partial charge < -0.3 is 0 Å². The third-order valence-corrected chi connectivity index (χ3v) is 6.70. The van der Waals surface area contributed by atoms with E-state index in [1.165, 1.54) is 30.1 Å². The number of rotatable bonds is 2. The Balaban J connectivity index is 1.82. The summed E-state index contributed by atoms with van der Waals surface area (Å²) in [5.41, 5.74) is 0.889. The highest BCUT2D eigenvalue weighted by Gasteiger charge is 2.34. The van der Waals surface area contributed by atoms with Gasteiger partial charge in [-0.2, -0.15) is 10.1 Å². The minimum absolute atomic E-state index is 0.0811. The topological polar surface area (TPSA) is 67.6 Å². The van der Waals surface area contributed by atoms with Crippen LogP contribution in [0.3, 0.4) is 0 Å². The summed E-state index contributed by atoms with van der Waals surface area (Å²) in [5.74, 6) is 1.17. The van der Waals surface area contributed by atoms with Gasteiger partial charge in [0.2, 0.25) is 11.8 Å². The molecule has 1 fully saturated rings. The lowest BCUT2D eigenvalue weighted by Crippen LogP contribution is -2.28. The van der Waals surface area contributed by atoms with Crippen molar-refractivity contribution in [3.8, 4) is 0 Å². The van der Waals surface area contributed by atoms with E-state index in [2.05, 4.69) is 21.0 Å². The number of nitrogens with zero attached hydrogens (tertiary/aromatic N) is 4. The molecule has 1 saturated carbocycles. The summed E-state index contributed by atoms with van der Waals surface area (Å²) < 4.78 is 2.66. The van der Waals surface area contributed by atoms with Gasteiger partial charge in [-0.3, -0.25) is 14.2 Å². The second-order valence-electron chi connectivity index (χ2n) is 7.13. The smallest absolute Gasteiger partial charge is 0.245 e. The molecule has 28 heavy (non-hydrogen) atoms. The van der Waals surface area contributed by atoms with Gasteiger partial charge in [-0.1, -0.05) is 47.3 Å². The molecule has 8 heteroatoms. The number of amides is 1. The molecule has 6 nitrogen and oxygen atoms in total. The van der Waals surface area contributed by atoms with Crippen molar-refractivity contribution in [2.45, 2.75) is 56.9 Å². The molecule has 0 bridgehead atoms. The third kappa shape index (κ3) is 3.55. The van der Waals surface area contributed by atoms with Crippen LogP contribution in [0.5, 0.6) is 0 Å². The molecule has 0 unspecified atom stereocenters. The highest BCUT2D eigenvalue weighted by molar-refractivity contribution is 9.10. The van der Waals surface area contributed by atoms with E-state index in [1.807, 2.05) is 24.3 Å². The van der Waals surface area contributed by atoms with E-state index in [1.54, 1.807) is 11.5 Å². The quantitative estimate of drug-likeness (QED) is 0.619. The van der Waals surface area contributed by atoms with Gasteiger partial charge in [0, 0.05) is 29.8 Å². The first-order valence-electron chi connectivity index (χ1n) is 9.42. The highest BCUT2D eigenvalue weighted by atomic mass is 79.9. The largest absolute Gasteiger partial charge is 0.274 e. The van der Waals surface area contributed by atoms with Gasteiger partial charge in [-0.05, 0) is 36.7 Å². The average molecular weight is 461 g/mol. The summed E-state index contributed by atoms with van der Waals surface area (Å²) >= 11 is 4.84. The highest BCUT2D eigenvalue weighted by Crippen LogP contribution is 2.42. The summed E-state index contributed by atoms with van der Waals surface area (Å²) in [6.07, 6.45) is 5.55. The molecule has 0 radical (unpaired) electrons. The molecule has 0 spiro atoms. The molecule has 1 amide bonds. The van der Waals surface area contributed by atoms with Crippen molar-refractivity contribution < 1.29 is 9.59 Å². The van der Waals surface area contributed by atoms with E-state index in [-0.39, 0.29) is 17.7 Å². The van der Waals surface area contributed by atoms with Crippen LogP contribution in [-0.2, 0) is 4.79 Å². The van der Waals surface area contributed by atoms with Crippen molar-refractivity contribution in [2.75, 3.05) is 5.01 Å². The van der Waals surface area contributed by atoms with E-state index in [4.69, 9.17) is 4.98 Å². The SMILES string of the molecule is CC(=O)N1N=C(c2ccc(Br)cc2)Sc2c1nc(C1CCCCC1)n2C(C)=O. The maximum Gasteiger partial charge on any atom is 0.245 e. The van der Waals surface area contributed by atoms with Gasteiger partial charge >= 0.3 is 0 Å². The first kappa shape index (κ1) is 19.4. The van der Waals surface area contributed by atoms with E-state index in [9.17, 15) is 9.59 Å². The zero-order valence-electron chi connectivity index (χ0n) is 15.8. The number of hydrogen-bond acceptors (Lipinski definition) is 5. The van der Waals surface area contributed by atoms with Gasteiger partial charge in [0.25, 0.3) is 0 Å². The van der Waals surface area contributed by atoms with E-state index >= 15 is 0 Å². The Hall–Kier alpha value is -1.93. The van der Waals surface area contributed by atoms with Crippen LogP contribution in [0.1, 0.15) is 68.1 Å². The predicted molar refractivity (Wildman–Crippen MR) is 114 cm³/mol. The Labute approximate surface area is 176 Å². The van der Waals surface area contributed by atoms with Crippen molar-refractivity contribution >= 4 is 50.4 Å². The molecule has 4 rings (SSSR count). The lowest BCUT2D eigenvalue weighted by atomic mass is 9.88. The first-order valence-corrected chi connectivity index (χ1v) is 11.0. The fourth-order valence-electron chi connectivity index (χ4n) is 3.76. The van der Waals surface area contributed by atoms with Gasteiger partial charge in [-0.25, -0.2) is 4.98 Å². The van der Waals surface area contributed by atoms with Crippen LogP contribution in [0, 0.1) is 0 Å². The number of fused-ring (bicyclic) bond motifs is 1. The Morgan fingerprint density at radius 3 is 2.36 bits per heavy atom. The van der Waals surface area contributed by atoms with Crippen molar-refractivity contribution in [1.29, 1.82) is 0 Å². The summed E-state index contributed by atoms with van der Waals surface area (Å²) in [5, 5.41) is 7.22. The molecule has 1 aliphatic heterocycles. The molecule has 1 aliphatic carbocycles. The number of hydrazone groups is 1. The molecule has 0 atom stereocenters. The normalized spacial score (nSPS) is 17.2. The number of hydrogen-bond donors (Lipinski definition) is 0. The Morgan fingerprint density at radius 1 is 1.07 bits per heavy atom. The Kier molecular flexibility index (Phi) is 5.42. The summed E-state index contributed by atoms with van der Waals surface area (Å²) in [6.45, 7) is 3.02. The Morgan fingerprint density at radius 2 is 1.75 bits per heavy atom. The fourth-order valence-corrected chi connectivity index (χ4v) is 5.12. The molecule has 1 aromatic heterocycles. The van der Waals surface area contributed by atoms with Crippen LogP contribution in [0.4, 0.5) is 5.82 Å². The van der Waals surface area contributed by atoms with E-state index in [0.717, 1.165) is 41.5 Å². The molecule has 2 heterocycles. The van der Waals surface area contributed by atoms with Gasteiger partial charge in [0.1, 0.15) is 15.9 Å². The van der Waals surface area contributed by atoms with Crippen LogP contribution in [0.2, 0.25) is 0 Å². The van der Waals surface area contributed by atoms with Crippen molar-refractivity contribution in [3.63, 3.8) is 0 Å². The van der Waals surface area contributed by atoms with Crippen molar-refractivity contribution in [1.82, 2.24) is 9.55 Å². The number of carbonyl (C=O) groups excluding carboxylic acids is 2. The average Bonchev–Trinajstić information content (AvgIpc) is 3.08. The number of anilines is 1. The van der Waals surface area contributed by atoms with Crippen LogP contribution in [0.15, 0.2) is 38.9 Å². The maximum absolute atomic E-state index is 12.6. The Bertz CT molecular complexity index is 961. The van der Waals surface area contributed by atoms with Gasteiger partial charge in [-0.15, -0.1) is 0 Å². The van der Waals surface area contributed by atoms with Crippen LogP contribution in [0.25, 0.3) is 0 Å². The van der Waals surface area contributed by atoms with Crippen molar-refractivity contribution in [2.24, 2.45) is 5.10 Å². The van der Waals surface area contributed by atoms with Crippen LogP contribution >= 0.6 is 27.7 Å². The molecule has 2 aromatic rings. The van der Waals surface area contributed by atoms with Crippen molar-refractivity contribution in [3.05, 3.63) is 40.1 Å². The lowest BCUT2D eigenvalue weighted by molar-refractivity contribution is -0.116. The lowest BCUT2D eigenvalue weighted by Gasteiger charge is -2.22. The molecular weight excluding hydrogens is 440 g/mol. The fraction of sp³-hybridized carbons (Fsp3) is 0.400. The zero-order valence-corrected chi connectivity index (χ0v) is 18.2. The standard InChI is InChI=1S/C20H21BrN4O2S/c1-12(26)24-17(14-6-4-3-5-7-14)22-18-20(24)28-19(23-25(18)13(2)27)15-8-10-16(21)11-9-15/h8-11,14H,3-7H2,1-2H3. The second-order valence-corrected chi connectivity index (χ2v) is 9.03. The van der Waals surface area contributed by atoms with E-state index in [0.29, 0.717) is 15.9 Å². The maximum atomic E-state index is 12.6. The third-order valence-electron chi connectivity index (χ3n) is 5.10. The number of halogens is 1. The molecule has 1 aromatic carbocycles. The molecule has 146 valence electrons. The monoisotopic (exact) mass is 460 g/mol. The molecule has 0 N–H and O–H groups in total. The minimum Gasteiger partial charge on any atom is -0.274 e. The molecule has 2 aliphatic rings. The molecule has 0 saturated heterocycles. The minimum atomic E-state index is -0.223. The number of imidazole rings is 1. The summed E-state index contributed by atoms with van der Waals surface area (Å²) in [4.78, 5) is 29.6. The summed E-state index contributed by atoms with van der Waals surface area (Å²) in [6, 6.07) is 7.75. The number of aromatic nitrogens is 2. The number of benzene rings is 1. The number of carbonyl (C=O) groups is 2. The predicted octanol–water partition coefficient (Wildman–Crippen LogP) is 5.17. The van der Waals surface area contributed by atoms with Crippen LogP contribution < -0.4 is 5.01 Å². The van der Waals surface area contributed by atoms with Crippen LogP contribution in [-0.4, -0.2) is 26.4 Å². The van der Waals surface area contributed by atoms with E-state index < -0.39 is 0 Å².